The summed E-state index contributed by atoms with van der Waals surface area (Å²) in [4.78, 5) is 0.816. The Kier molecular flexibility index (Phi) is 4.23. The molecule has 7 heteroatoms. The highest BCUT2D eigenvalue weighted by molar-refractivity contribution is 7.94. The van der Waals surface area contributed by atoms with Crippen LogP contribution in [0.4, 0.5) is 5.69 Å². The standard InChI is InChI=1S/C16H17N3O2S2/c1-3-12-4-6-13(7-5-12)19-23(20,21)16-9-8-15(22-16)14-10-11(2)17-18-14/h4-10,19H,3H2,1-2H3,(H,17,18). The molecule has 0 saturated heterocycles. The maximum absolute atomic E-state index is 12.5. The van der Waals surface area contributed by atoms with Crippen molar-refractivity contribution in [3.05, 3.63) is 53.7 Å². The van der Waals surface area contributed by atoms with Crippen LogP contribution < -0.4 is 4.72 Å². The minimum Gasteiger partial charge on any atom is -0.282 e. The van der Waals surface area contributed by atoms with Crippen LogP contribution in [0.15, 0.2) is 46.7 Å². The van der Waals surface area contributed by atoms with Crippen molar-refractivity contribution in [3.8, 4) is 10.6 Å². The lowest BCUT2D eigenvalue weighted by molar-refractivity contribution is 0.603. The third kappa shape index (κ3) is 3.46. The monoisotopic (exact) mass is 347 g/mol. The Balaban J connectivity index is 1.83. The summed E-state index contributed by atoms with van der Waals surface area (Å²) in [5, 5.41) is 7.01. The third-order valence-electron chi connectivity index (χ3n) is 3.42. The van der Waals surface area contributed by atoms with E-state index in [9.17, 15) is 8.42 Å². The van der Waals surface area contributed by atoms with Crippen molar-refractivity contribution in [3.63, 3.8) is 0 Å². The van der Waals surface area contributed by atoms with Gasteiger partial charge in [0.2, 0.25) is 0 Å². The SMILES string of the molecule is CCc1ccc(NS(=O)(=O)c2ccc(-c3cc(C)[nH]n3)s2)cc1. The minimum atomic E-state index is -3.58. The molecule has 120 valence electrons. The summed E-state index contributed by atoms with van der Waals surface area (Å²) in [6, 6.07) is 12.7. The number of hydrogen-bond donors (Lipinski definition) is 2. The highest BCUT2D eigenvalue weighted by Crippen LogP contribution is 2.30. The van der Waals surface area contributed by atoms with Crippen LogP contribution in [0.25, 0.3) is 10.6 Å². The first-order chi connectivity index (χ1) is 11.0. The molecule has 0 atom stereocenters. The van der Waals surface area contributed by atoms with E-state index in [0.717, 1.165) is 22.7 Å². The van der Waals surface area contributed by atoms with Gasteiger partial charge in [0.05, 0.1) is 4.88 Å². The van der Waals surface area contributed by atoms with E-state index in [2.05, 4.69) is 21.8 Å². The lowest BCUT2D eigenvalue weighted by atomic mass is 10.2. The van der Waals surface area contributed by atoms with Crippen LogP contribution >= 0.6 is 11.3 Å². The second-order valence-corrected chi connectivity index (χ2v) is 8.20. The molecule has 3 rings (SSSR count). The van der Waals surface area contributed by atoms with Crippen LogP contribution in [-0.4, -0.2) is 18.6 Å². The van der Waals surface area contributed by atoms with Gasteiger partial charge in [-0.25, -0.2) is 8.42 Å². The van der Waals surface area contributed by atoms with Crippen LogP contribution in [0.5, 0.6) is 0 Å². The van der Waals surface area contributed by atoms with Crippen molar-refractivity contribution in [2.24, 2.45) is 0 Å². The average molecular weight is 347 g/mol. The molecule has 0 saturated carbocycles. The van der Waals surface area contributed by atoms with Crippen LogP contribution in [-0.2, 0) is 16.4 Å². The van der Waals surface area contributed by atoms with Gasteiger partial charge in [-0.15, -0.1) is 11.3 Å². The van der Waals surface area contributed by atoms with E-state index in [4.69, 9.17) is 0 Å². The van der Waals surface area contributed by atoms with E-state index < -0.39 is 10.0 Å². The van der Waals surface area contributed by atoms with Gasteiger partial charge >= 0.3 is 0 Å². The second kappa shape index (κ2) is 6.17. The zero-order valence-corrected chi connectivity index (χ0v) is 14.5. The molecule has 1 aromatic carbocycles. The molecule has 0 fully saturated rings. The van der Waals surface area contributed by atoms with E-state index in [-0.39, 0.29) is 4.21 Å². The van der Waals surface area contributed by atoms with Gasteiger partial charge in [-0.2, -0.15) is 5.10 Å². The normalized spacial score (nSPS) is 11.6. The number of aryl methyl sites for hydroxylation is 2. The Morgan fingerprint density at radius 1 is 1.17 bits per heavy atom. The fourth-order valence-electron chi connectivity index (χ4n) is 2.16. The number of hydrogen-bond acceptors (Lipinski definition) is 4. The molecule has 2 N–H and O–H groups in total. The molecule has 0 aliphatic carbocycles. The van der Waals surface area contributed by atoms with Gasteiger partial charge in [0.15, 0.2) is 0 Å². The molecule has 23 heavy (non-hydrogen) atoms. The van der Waals surface area contributed by atoms with Crippen molar-refractivity contribution >= 4 is 27.0 Å². The van der Waals surface area contributed by atoms with E-state index in [1.807, 2.05) is 25.1 Å². The van der Waals surface area contributed by atoms with Crippen LogP contribution in [0.3, 0.4) is 0 Å². The van der Waals surface area contributed by atoms with Crippen LogP contribution in [0.2, 0.25) is 0 Å². The molecule has 0 amide bonds. The minimum absolute atomic E-state index is 0.271. The zero-order chi connectivity index (χ0) is 16.4. The van der Waals surface area contributed by atoms with Crippen LogP contribution in [0, 0.1) is 6.92 Å². The molecule has 5 nitrogen and oxygen atoms in total. The fourth-order valence-corrected chi connectivity index (χ4v) is 4.49. The predicted octanol–water partition coefficient (Wildman–Crippen LogP) is 3.81. The Bertz CT molecular complexity index is 909. The topological polar surface area (TPSA) is 74.8 Å². The Labute approximate surface area is 139 Å². The molecule has 2 heterocycles. The van der Waals surface area contributed by atoms with Gasteiger partial charge in [0, 0.05) is 11.4 Å². The number of aromatic amines is 1. The van der Waals surface area contributed by atoms with Gasteiger partial charge in [-0.3, -0.25) is 9.82 Å². The highest BCUT2D eigenvalue weighted by Gasteiger charge is 2.18. The number of sulfonamides is 1. The third-order valence-corrected chi connectivity index (χ3v) is 6.40. The first-order valence-electron chi connectivity index (χ1n) is 7.22. The second-order valence-electron chi connectivity index (χ2n) is 5.21. The largest absolute Gasteiger partial charge is 0.282 e. The quantitative estimate of drug-likeness (QED) is 0.737. The lowest BCUT2D eigenvalue weighted by Gasteiger charge is -2.06. The molecule has 0 radical (unpaired) electrons. The number of H-pyrrole nitrogens is 1. The summed E-state index contributed by atoms with van der Waals surface area (Å²) >= 11 is 1.20. The number of rotatable bonds is 5. The van der Waals surface area contributed by atoms with Gasteiger partial charge in [0.25, 0.3) is 10.0 Å². The van der Waals surface area contributed by atoms with Crippen molar-refractivity contribution in [2.75, 3.05) is 4.72 Å². The summed E-state index contributed by atoms with van der Waals surface area (Å²) in [5.74, 6) is 0. The molecule has 0 bridgehead atoms. The molecule has 0 spiro atoms. The molecule has 2 aromatic heterocycles. The van der Waals surface area contributed by atoms with E-state index >= 15 is 0 Å². The molecule has 0 unspecified atom stereocenters. The van der Waals surface area contributed by atoms with Crippen molar-refractivity contribution in [1.82, 2.24) is 10.2 Å². The van der Waals surface area contributed by atoms with Gasteiger partial charge in [0.1, 0.15) is 9.90 Å². The van der Waals surface area contributed by atoms with E-state index in [0.29, 0.717) is 5.69 Å². The van der Waals surface area contributed by atoms with E-state index in [1.165, 1.54) is 16.9 Å². The number of nitrogens with zero attached hydrogens (tertiary/aromatic N) is 1. The maximum atomic E-state index is 12.5. The number of benzene rings is 1. The zero-order valence-electron chi connectivity index (χ0n) is 12.8. The maximum Gasteiger partial charge on any atom is 0.271 e. The van der Waals surface area contributed by atoms with Gasteiger partial charge in [-0.05, 0) is 49.2 Å². The van der Waals surface area contributed by atoms with Crippen molar-refractivity contribution < 1.29 is 8.42 Å². The van der Waals surface area contributed by atoms with Crippen molar-refractivity contribution in [2.45, 2.75) is 24.5 Å². The summed E-state index contributed by atoms with van der Waals surface area (Å²) in [6.45, 7) is 3.96. The van der Waals surface area contributed by atoms with E-state index in [1.54, 1.807) is 24.3 Å². The van der Waals surface area contributed by atoms with Crippen molar-refractivity contribution in [1.29, 1.82) is 0 Å². The van der Waals surface area contributed by atoms with Gasteiger partial charge < -0.3 is 0 Å². The first-order valence-corrected chi connectivity index (χ1v) is 9.52. The summed E-state index contributed by atoms with van der Waals surface area (Å²) < 4.78 is 27.8. The predicted molar refractivity (Wildman–Crippen MR) is 93.3 cm³/mol. The molecule has 3 aromatic rings. The Morgan fingerprint density at radius 2 is 1.91 bits per heavy atom. The Morgan fingerprint density at radius 3 is 2.52 bits per heavy atom. The number of aromatic nitrogens is 2. The van der Waals surface area contributed by atoms with Crippen LogP contribution in [0.1, 0.15) is 18.2 Å². The summed E-state index contributed by atoms with van der Waals surface area (Å²) in [5.41, 5.74) is 3.42. The molecular weight excluding hydrogens is 330 g/mol. The smallest absolute Gasteiger partial charge is 0.271 e. The van der Waals surface area contributed by atoms with Gasteiger partial charge in [-0.1, -0.05) is 19.1 Å². The number of nitrogens with one attached hydrogen (secondary N) is 2. The lowest BCUT2D eigenvalue weighted by Crippen LogP contribution is -2.11. The summed E-state index contributed by atoms with van der Waals surface area (Å²) in [6.07, 6.45) is 0.921. The fraction of sp³-hybridized carbons (Fsp3) is 0.188. The highest BCUT2D eigenvalue weighted by atomic mass is 32.2. The molecule has 0 aliphatic heterocycles. The summed E-state index contributed by atoms with van der Waals surface area (Å²) in [7, 11) is -3.58. The molecule has 0 aliphatic rings. The number of thiophene rings is 1. The number of anilines is 1. The molecular formula is C16H17N3O2S2. The average Bonchev–Trinajstić information content (AvgIpc) is 3.16. The first kappa shape index (κ1) is 15.8. The Hall–Kier alpha value is -2.12.